The van der Waals surface area contributed by atoms with Gasteiger partial charge in [-0.25, -0.2) is 4.98 Å². The molecule has 1 aliphatic heterocycles. The number of piperazine rings is 1. The predicted molar refractivity (Wildman–Crippen MR) is 106 cm³/mol. The van der Waals surface area contributed by atoms with Gasteiger partial charge in [0.05, 0.1) is 11.3 Å². The fraction of sp³-hybridized carbons (Fsp3) is 0.250. The Kier molecular flexibility index (Phi) is 5.13. The Morgan fingerprint density at radius 1 is 1.07 bits per heavy atom. The second kappa shape index (κ2) is 7.85. The van der Waals surface area contributed by atoms with Crippen molar-refractivity contribution in [1.29, 1.82) is 0 Å². The number of nitrogens with zero attached hydrogens (tertiary/aromatic N) is 3. The second-order valence-electron chi connectivity index (χ2n) is 6.52. The third-order valence-electron chi connectivity index (χ3n) is 4.65. The van der Waals surface area contributed by atoms with E-state index in [0.29, 0.717) is 18.7 Å². The average molecular weight is 380 g/mol. The van der Waals surface area contributed by atoms with Crippen LogP contribution in [0.5, 0.6) is 0 Å². The minimum Gasteiger partial charge on any atom is -0.336 e. The SMILES string of the molecule is O=C(c1ccc(=O)[nH]c1)N1CCN(Cc2csc(-c3ccccc3)n2)CC1. The first-order chi connectivity index (χ1) is 13.2. The normalized spacial score (nSPS) is 15.0. The molecule has 0 atom stereocenters. The molecule has 0 radical (unpaired) electrons. The highest BCUT2D eigenvalue weighted by Gasteiger charge is 2.22. The van der Waals surface area contributed by atoms with Crippen molar-refractivity contribution >= 4 is 17.2 Å². The molecule has 6 nitrogen and oxygen atoms in total. The Balaban J connectivity index is 1.33. The van der Waals surface area contributed by atoms with Gasteiger partial charge in [0, 0.05) is 55.9 Å². The lowest BCUT2D eigenvalue weighted by atomic mass is 10.2. The molecular weight excluding hydrogens is 360 g/mol. The molecule has 27 heavy (non-hydrogen) atoms. The van der Waals surface area contributed by atoms with Gasteiger partial charge in [0.2, 0.25) is 5.56 Å². The van der Waals surface area contributed by atoms with Crippen LogP contribution in [0.25, 0.3) is 10.6 Å². The predicted octanol–water partition coefficient (Wildman–Crippen LogP) is 2.46. The maximum Gasteiger partial charge on any atom is 0.255 e. The molecule has 138 valence electrons. The topological polar surface area (TPSA) is 69.3 Å². The number of hydrogen-bond donors (Lipinski definition) is 1. The summed E-state index contributed by atoms with van der Waals surface area (Å²) < 4.78 is 0. The second-order valence-corrected chi connectivity index (χ2v) is 7.38. The van der Waals surface area contributed by atoms with Crippen LogP contribution in [-0.2, 0) is 6.54 Å². The maximum absolute atomic E-state index is 12.5. The van der Waals surface area contributed by atoms with Crippen molar-refractivity contribution in [2.75, 3.05) is 26.2 Å². The highest BCUT2D eigenvalue weighted by molar-refractivity contribution is 7.13. The van der Waals surface area contributed by atoms with Gasteiger partial charge in [-0.15, -0.1) is 11.3 Å². The van der Waals surface area contributed by atoms with Crippen LogP contribution < -0.4 is 5.56 Å². The van der Waals surface area contributed by atoms with Gasteiger partial charge in [-0.05, 0) is 6.07 Å². The summed E-state index contributed by atoms with van der Waals surface area (Å²) in [6.07, 6.45) is 1.48. The molecule has 2 aromatic heterocycles. The molecule has 1 amide bonds. The third-order valence-corrected chi connectivity index (χ3v) is 5.59. The van der Waals surface area contributed by atoms with Gasteiger partial charge < -0.3 is 9.88 Å². The number of rotatable bonds is 4. The molecule has 3 heterocycles. The zero-order valence-corrected chi connectivity index (χ0v) is 15.6. The van der Waals surface area contributed by atoms with Gasteiger partial charge in [-0.3, -0.25) is 14.5 Å². The smallest absolute Gasteiger partial charge is 0.255 e. The summed E-state index contributed by atoms with van der Waals surface area (Å²) in [6, 6.07) is 13.2. The van der Waals surface area contributed by atoms with Gasteiger partial charge in [-0.2, -0.15) is 0 Å². The lowest BCUT2D eigenvalue weighted by Gasteiger charge is -2.34. The van der Waals surface area contributed by atoms with E-state index in [0.717, 1.165) is 35.9 Å². The number of hydrogen-bond acceptors (Lipinski definition) is 5. The molecule has 7 heteroatoms. The molecule has 3 aromatic rings. The number of thiazole rings is 1. The van der Waals surface area contributed by atoms with Crippen LogP contribution in [0.3, 0.4) is 0 Å². The number of pyridine rings is 1. The Hall–Kier alpha value is -2.77. The van der Waals surface area contributed by atoms with Gasteiger partial charge in [-0.1, -0.05) is 30.3 Å². The summed E-state index contributed by atoms with van der Waals surface area (Å²) in [5.74, 6) is -0.0362. The molecule has 0 aliphatic carbocycles. The van der Waals surface area contributed by atoms with Crippen molar-refractivity contribution in [3.63, 3.8) is 0 Å². The Bertz CT molecular complexity index is 954. The van der Waals surface area contributed by atoms with Crippen LogP contribution >= 0.6 is 11.3 Å². The summed E-state index contributed by atoms with van der Waals surface area (Å²) in [4.78, 5) is 35.1. The van der Waals surface area contributed by atoms with Crippen LogP contribution in [0.2, 0.25) is 0 Å². The standard InChI is InChI=1S/C20H20N4O2S/c25-18-7-6-16(12-21-18)20(26)24-10-8-23(9-11-24)13-17-14-27-19(22-17)15-4-2-1-3-5-15/h1-7,12,14H,8-11,13H2,(H,21,25). The minimum absolute atomic E-state index is 0.0362. The van der Waals surface area contributed by atoms with E-state index in [1.54, 1.807) is 17.4 Å². The fourth-order valence-corrected chi connectivity index (χ4v) is 3.97. The Labute approximate surface area is 161 Å². The fourth-order valence-electron chi connectivity index (χ4n) is 3.16. The highest BCUT2D eigenvalue weighted by atomic mass is 32.1. The van der Waals surface area contributed by atoms with Gasteiger partial charge in [0.25, 0.3) is 5.91 Å². The number of H-pyrrole nitrogens is 1. The molecule has 1 aromatic carbocycles. The largest absolute Gasteiger partial charge is 0.336 e. The van der Waals surface area contributed by atoms with E-state index >= 15 is 0 Å². The Morgan fingerprint density at radius 2 is 1.85 bits per heavy atom. The molecule has 0 unspecified atom stereocenters. The van der Waals surface area contributed by atoms with Crippen LogP contribution in [0.15, 0.2) is 58.8 Å². The van der Waals surface area contributed by atoms with E-state index in [4.69, 9.17) is 4.98 Å². The molecule has 0 spiro atoms. The first-order valence-electron chi connectivity index (χ1n) is 8.89. The van der Waals surface area contributed by atoms with E-state index in [-0.39, 0.29) is 11.5 Å². The molecule has 1 fully saturated rings. The van der Waals surface area contributed by atoms with Crippen molar-refractivity contribution in [1.82, 2.24) is 19.8 Å². The quantitative estimate of drug-likeness (QED) is 0.755. The van der Waals surface area contributed by atoms with E-state index in [9.17, 15) is 9.59 Å². The summed E-state index contributed by atoms with van der Waals surface area (Å²) >= 11 is 1.66. The number of nitrogens with one attached hydrogen (secondary N) is 1. The number of carbonyl (C=O) groups is 1. The van der Waals surface area contributed by atoms with Crippen LogP contribution in [0.4, 0.5) is 0 Å². The third kappa shape index (κ3) is 4.15. The highest BCUT2D eigenvalue weighted by Crippen LogP contribution is 2.24. The lowest BCUT2D eigenvalue weighted by molar-refractivity contribution is 0.0627. The number of aromatic nitrogens is 2. The molecule has 1 N–H and O–H groups in total. The number of carbonyl (C=O) groups excluding carboxylic acids is 1. The van der Waals surface area contributed by atoms with E-state index < -0.39 is 0 Å². The zero-order valence-electron chi connectivity index (χ0n) is 14.8. The maximum atomic E-state index is 12.5. The van der Waals surface area contributed by atoms with Crippen molar-refractivity contribution in [2.45, 2.75) is 6.54 Å². The van der Waals surface area contributed by atoms with Gasteiger partial charge >= 0.3 is 0 Å². The minimum atomic E-state index is -0.200. The van der Waals surface area contributed by atoms with Gasteiger partial charge in [0.1, 0.15) is 5.01 Å². The van der Waals surface area contributed by atoms with Crippen molar-refractivity contribution < 1.29 is 4.79 Å². The number of benzene rings is 1. The zero-order chi connectivity index (χ0) is 18.6. The van der Waals surface area contributed by atoms with Gasteiger partial charge in [0.15, 0.2) is 0 Å². The molecule has 4 rings (SSSR count). The molecule has 1 saturated heterocycles. The van der Waals surface area contributed by atoms with Crippen molar-refractivity contribution in [3.05, 3.63) is 75.7 Å². The monoisotopic (exact) mass is 380 g/mol. The molecule has 1 aliphatic rings. The van der Waals surface area contributed by atoms with Crippen LogP contribution in [0, 0.1) is 0 Å². The van der Waals surface area contributed by atoms with E-state index in [2.05, 4.69) is 27.4 Å². The first-order valence-corrected chi connectivity index (χ1v) is 9.77. The van der Waals surface area contributed by atoms with Crippen molar-refractivity contribution in [2.24, 2.45) is 0 Å². The van der Waals surface area contributed by atoms with Crippen LogP contribution in [-0.4, -0.2) is 51.9 Å². The number of aromatic amines is 1. The number of amides is 1. The van der Waals surface area contributed by atoms with E-state index in [1.165, 1.54) is 12.3 Å². The molecule has 0 bridgehead atoms. The van der Waals surface area contributed by atoms with Crippen molar-refractivity contribution in [3.8, 4) is 10.6 Å². The van der Waals surface area contributed by atoms with Crippen LogP contribution in [0.1, 0.15) is 16.1 Å². The molecular formula is C20H20N4O2S. The summed E-state index contributed by atoms with van der Waals surface area (Å²) in [5, 5.41) is 3.15. The average Bonchev–Trinajstić information content (AvgIpc) is 3.18. The first kappa shape index (κ1) is 17.6. The Morgan fingerprint density at radius 3 is 2.56 bits per heavy atom. The summed E-state index contributed by atoms with van der Waals surface area (Å²) in [6.45, 7) is 3.77. The summed E-state index contributed by atoms with van der Waals surface area (Å²) in [5.41, 5.74) is 2.54. The van der Waals surface area contributed by atoms with E-state index in [1.807, 2.05) is 23.1 Å². The lowest BCUT2D eigenvalue weighted by Crippen LogP contribution is -2.48. The summed E-state index contributed by atoms with van der Waals surface area (Å²) in [7, 11) is 0. The molecule has 0 saturated carbocycles.